The number of fused-ring (bicyclic) bond motifs is 1. The topological polar surface area (TPSA) is 94.5 Å². The van der Waals surface area contributed by atoms with E-state index in [0.717, 1.165) is 56.8 Å². The zero-order valence-electron chi connectivity index (χ0n) is 20.3. The third kappa shape index (κ3) is 5.67. The average molecular weight is 498 g/mol. The molecule has 0 spiro atoms. The van der Waals surface area contributed by atoms with Crippen LogP contribution in [0.2, 0.25) is 0 Å². The van der Waals surface area contributed by atoms with Crippen molar-refractivity contribution in [3.05, 3.63) is 82.3 Å². The number of nitrogens with two attached hydrogens (primary N) is 1. The lowest BCUT2D eigenvalue weighted by Crippen LogP contribution is -2.49. The number of alkyl halides is 1. The second-order valence-electron chi connectivity index (χ2n) is 9.31. The lowest BCUT2D eigenvalue weighted by atomic mass is 10.00. The largest absolute Gasteiger partial charge is 0.394 e. The van der Waals surface area contributed by atoms with Crippen LogP contribution in [0.3, 0.4) is 0 Å². The fourth-order valence-electron chi connectivity index (χ4n) is 5.25. The zero-order chi connectivity index (χ0) is 25.7. The SMILES string of the molecule is C=C/C(=C\C=C(/N)C(=O)NCCF)N1CCN([C@H]2CC[C@@H](c3cc4cccc(F)c4c(=O)[nH]3)C2)CC1. The Morgan fingerprint density at radius 2 is 2.00 bits per heavy atom. The summed E-state index contributed by atoms with van der Waals surface area (Å²) < 4.78 is 26.3. The van der Waals surface area contributed by atoms with Gasteiger partial charge in [0, 0.05) is 56.1 Å². The number of hydrogen-bond donors (Lipinski definition) is 3. The maximum Gasteiger partial charge on any atom is 0.267 e. The second kappa shape index (κ2) is 11.5. The number of hydrogen-bond acceptors (Lipinski definition) is 5. The highest BCUT2D eigenvalue weighted by molar-refractivity contribution is 5.92. The van der Waals surface area contributed by atoms with E-state index in [2.05, 4.69) is 26.7 Å². The molecule has 1 aromatic carbocycles. The molecular weight excluding hydrogens is 464 g/mol. The smallest absolute Gasteiger partial charge is 0.267 e. The van der Waals surface area contributed by atoms with E-state index < -0.39 is 18.4 Å². The Morgan fingerprint density at radius 3 is 2.72 bits per heavy atom. The molecule has 4 rings (SSSR count). The molecule has 2 fully saturated rings. The molecule has 2 aromatic rings. The number of nitrogens with zero attached hydrogens (tertiary/aromatic N) is 2. The van der Waals surface area contributed by atoms with Crippen LogP contribution in [-0.2, 0) is 4.79 Å². The van der Waals surface area contributed by atoms with Gasteiger partial charge in [-0.3, -0.25) is 14.5 Å². The predicted octanol–water partition coefficient (Wildman–Crippen LogP) is 2.92. The molecule has 1 aliphatic heterocycles. The predicted molar refractivity (Wildman–Crippen MR) is 138 cm³/mol. The van der Waals surface area contributed by atoms with Crippen molar-refractivity contribution < 1.29 is 13.6 Å². The van der Waals surface area contributed by atoms with Crippen LogP contribution in [0.25, 0.3) is 10.8 Å². The Kier molecular flexibility index (Phi) is 8.20. The molecule has 1 amide bonds. The molecule has 0 bridgehead atoms. The van der Waals surface area contributed by atoms with E-state index >= 15 is 0 Å². The minimum absolute atomic E-state index is 0.0212. The number of allylic oxidation sites excluding steroid dienone is 3. The van der Waals surface area contributed by atoms with Crippen LogP contribution < -0.4 is 16.6 Å². The van der Waals surface area contributed by atoms with Crippen LogP contribution in [0.15, 0.2) is 65.3 Å². The minimum atomic E-state index is -0.640. The van der Waals surface area contributed by atoms with E-state index in [1.54, 1.807) is 24.3 Å². The summed E-state index contributed by atoms with van der Waals surface area (Å²) in [5.41, 5.74) is 7.20. The van der Waals surface area contributed by atoms with Crippen molar-refractivity contribution in [3.63, 3.8) is 0 Å². The summed E-state index contributed by atoms with van der Waals surface area (Å²) in [6, 6.07) is 7.08. The van der Waals surface area contributed by atoms with Gasteiger partial charge in [-0.1, -0.05) is 18.7 Å². The zero-order valence-corrected chi connectivity index (χ0v) is 20.3. The molecule has 2 heterocycles. The van der Waals surface area contributed by atoms with Gasteiger partial charge in [0.25, 0.3) is 11.5 Å². The van der Waals surface area contributed by atoms with E-state index in [4.69, 9.17) is 5.73 Å². The Labute approximate surface area is 209 Å². The standard InChI is InChI=1S/C27H33F2N5O2/c1-2-20(8-9-23(30)26(35)31-11-10-28)33-12-14-34(15-13-33)21-7-6-18(16-21)24-17-19-4-3-5-22(29)25(19)27(36)32-24/h2-5,8-9,17-18,21H,1,6-7,10-16,30H2,(H,31,35)(H,32,36)/b20-8+,23-9-/t18-,21+/m1/s1. The van der Waals surface area contributed by atoms with Crippen LogP contribution in [0.5, 0.6) is 0 Å². The van der Waals surface area contributed by atoms with E-state index in [-0.39, 0.29) is 29.1 Å². The van der Waals surface area contributed by atoms with Crippen LogP contribution in [0.1, 0.15) is 30.9 Å². The van der Waals surface area contributed by atoms with Gasteiger partial charge in [0.1, 0.15) is 12.5 Å². The van der Waals surface area contributed by atoms with E-state index in [0.29, 0.717) is 11.4 Å². The number of piperazine rings is 1. The van der Waals surface area contributed by atoms with Gasteiger partial charge in [0.15, 0.2) is 0 Å². The van der Waals surface area contributed by atoms with Crippen molar-refractivity contribution in [1.29, 1.82) is 0 Å². The third-order valence-electron chi connectivity index (χ3n) is 7.17. The molecule has 1 saturated heterocycles. The first-order chi connectivity index (χ1) is 17.4. The number of benzene rings is 1. The van der Waals surface area contributed by atoms with Gasteiger partial charge in [-0.25, -0.2) is 8.78 Å². The summed E-state index contributed by atoms with van der Waals surface area (Å²) in [5, 5.41) is 3.16. The highest BCUT2D eigenvalue weighted by Gasteiger charge is 2.32. The molecule has 36 heavy (non-hydrogen) atoms. The molecule has 1 aromatic heterocycles. The summed E-state index contributed by atoms with van der Waals surface area (Å²) in [6.45, 7) is 6.58. The Balaban J connectivity index is 1.35. The fraction of sp³-hybridized carbons (Fsp3) is 0.407. The number of carbonyl (C=O) groups excluding carboxylic acids is 1. The van der Waals surface area contributed by atoms with Gasteiger partial charge in [-0.05, 0) is 55.0 Å². The van der Waals surface area contributed by atoms with Crippen LogP contribution in [0.4, 0.5) is 8.78 Å². The van der Waals surface area contributed by atoms with Gasteiger partial charge in [0.2, 0.25) is 0 Å². The first kappa shape index (κ1) is 25.6. The molecule has 4 N–H and O–H groups in total. The number of nitrogens with one attached hydrogen (secondary N) is 2. The lowest BCUT2D eigenvalue weighted by Gasteiger charge is -2.39. The van der Waals surface area contributed by atoms with Gasteiger partial charge in [0.05, 0.1) is 11.1 Å². The molecule has 1 aliphatic carbocycles. The average Bonchev–Trinajstić information content (AvgIpc) is 3.38. The number of aromatic nitrogens is 1. The highest BCUT2D eigenvalue weighted by Crippen LogP contribution is 2.37. The third-order valence-corrected chi connectivity index (χ3v) is 7.17. The number of carbonyl (C=O) groups is 1. The highest BCUT2D eigenvalue weighted by atomic mass is 19.1. The Hall–Kier alpha value is -3.46. The molecule has 9 heteroatoms. The first-order valence-corrected chi connectivity index (χ1v) is 12.4. The summed E-state index contributed by atoms with van der Waals surface area (Å²) >= 11 is 0. The van der Waals surface area contributed by atoms with E-state index in [1.165, 1.54) is 12.1 Å². The van der Waals surface area contributed by atoms with Gasteiger partial charge < -0.3 is 20.9 Å². The van der Waals surface area contributed by atoms with Crippen molar-refractivity contribution in [2.75, 3.05) is 39.4 Å². The molecule has 192 valence electrons. The maximum atomic E-state index is 14.1. The van der Waals surface area contributed by atoms with Crippen molar-refractivity contribution in [1.82, 2.24) is 20.1 Å². The van der Waals surface area contributed by atoms with Crippen molar-refractivity contribution in [2.45, 2.75) is 31.2 Å². The van der Waals surface area contributed by atoms with Crippen LogP contribution in [-0.4, -0.2) is 66.1 Å². The van der Waals surface area contributed by atoms with E-state index in [1.807, 2.05) is 6.07 Å². The number of H-pyrrole nitrogens is 1. The maximum absolute atomic E-state index is 14.1. The van der Waals surface area contributed by atoms with Gasteiger partial charge >= 0.3 is 0 Å². The molecule has 2 atom stereocenters. The van der Waals surface area contributed by atoms with Crippen molar-refractivity contribution in [3.8, 4) is 0 Å². The van der Waals surface area contributed by atoms with E-state index in [9.17, 15) is 18.4 Å². The molecule has 0 radical (unpaired) electrons. The minimum Gasteiger partial charge on any atom is -0.394 e. The van der Waals surface area contributed by atoms with Crippen LogP contribution in [0, 0.1) is 5.82 Å². The summed E-state index contributed by atoms with van der Waals surface area (Å²) in [5.74, 6) is -0.742. The van der Waals surface area contributed by atoms with Crippen LogP contribution >= 0.6 is 0 Å². The quantitative estimate of drug-likeness (QED) is 0.385. The molecule has 0 unspecified atom stereocenters. The first-order valence-electron chi connectivity index (χ1n) is 12.4. The molecule has 2 aliphatic rings. The second-order valence-corrected chi connectivity index (χ2v) is 9.31. The fourth-order valence-corrected chi connectivity index (χ4v) is 5.25. The number of pyridine rings is 1. The monoisotopic (exact) mass is 497 g/mol. The number of rotatable bonds is 8. The normalized spacial score (nSPS) is 21.7. The molecule has 7 nitrogen and oxygen atoms in total. The molecule has 1 saturated carbocycles. The number of amides is 1. The summed E-state index contributed by atoms with van der Waals surface area (Å²) in [6.07, 6.45) is 8.00. The summed E-state index contributed by atoms with van der Waals surface area (Å²) in [7, 11) is 0. The Morgan fingerprint density at radius 1 is 1.22 bits per heavy atom. The van der Waals surface area contributed by atoms with Crippen molar-refractivity contribution in [2.24, 2.45) is 5.73 Å². The van der Waals surface area contributed by atoms with Gasteiger partial charge in [-0.15, -0.1) is 0 Å². The molecular formula is C27H33F2N5O2. The summed E-state index contributed by atoms with van der Waals surface area (Å²) in [4.78, 5) is 31.9. The lowest BCUT2D eigenvalue weighted by molar-refractivity contribution is -0.117. The number of aromatic amines is 1. The number of halogens is 2. The van der Waals surface area contributed by atoms with Gasteiger partial charge in [-0.2, -0.15) is 0 Å². The van der Waals surface area contributed by atoms with Crippen molar-refractivity contribution >= 4 is 16.7 Å². The Bertz CT molecular complexity index is 1230.